The van der Waals surface area contributed by atoms with Crippen LogP contribution in [0.2, 0.25) is 0 Å². The minimum Gasteiger partial charge on any atom is -0.497 e. The predicted octanol–water partition coefficient (Wildman–Crippen LogP) is 2.40. The molecule has 0 saturated heterocycles. The second-order valence-electron chi connectivity index (χ2n) is 2.58. The second kappa shape index (κ2) is 4.12. The molecular weight excluding hydrogens is 152 g/mol. The third-order valence-corrected chi connectivity index (χ3v) is 1.84. The first-order valence-electron chi connectivity index (χ1n) is 4.53. The molecule has 0 bridgehead atoms. The topological polar surface area (TPSA) is 18.5 Å². The van der Waals surface area contributed by atoms with Crippen LogP contribution in [0, 0.1) is 0 Å². The summed E-state index contributed by atoms with van der Waals surface area (Å²) >= 11 is 0. The largest absolute Gasteiger partial charge is 0.497 e. The minimum absolute atomic E-state index is 0.00675. The monoisotopic (exact) mass is 167 g/mol. The number of hydrogen-bond acceptors (Lipinski definition) is 2. The van der Waals surface area contributed by atoms with Gasteiger partial charge in [0.05, 0.1) is 14.6 Å². The molecule has 1 aromatic carbocycles. The Balaban J connectivity index is 2.67. The first-order valence-corrected chi connectivity index (χ1v) is 3.82. The van der Waals surface area contributed by atoms with Gasteiger partial charge >= 0.3 is 0 Å². The highest BCUT2D eigenvalue weighted by Crippen LogP contribution is 2.18. The van der Waals surface area contributed by atoms with Gasteiger partial charge in [-0.25, -0.2) is 0 Å². The van der Waals surface area contributed by atoms with Gasteiger partial charge in [-0.1, -0.05) is 12.1 Å². The average Bonchev–Trinajstić information content (AvgIpc) is 2.18. The Morgan fingerprint density at radius 3 is 2.50 bits per heavy atom. The molecular formula is C10H14O2. The fourth-order valence-corrected chi connectivity index (χ4v) is 0.971. The quantitative estimate of drug-likeness (QED) is 0.688. The van der Waals surface area contributed by atoms with E-state index in [9.17, 15) is 0 Å². The highest BCUT2D eigenvalue weighted by Gasteiger charge is 2.02. The third kappa shape index (κ3) is 1.98. The standard InChI is InChI=1S/C10H14O2/c1-8(11-2)9-4-6-10(12-3)7-5-9/h4-8H,1-3H3/i2D. The van der Waals surface area contributed by atoms with Crippen molar-refractivity contribution in [2.45, 2.75) is 13.0 Å². The van der Waals surface area contributed by atoms with Crippen LogP contribution in [0.5, 0.6) is 5.75 Å². The van der Waals surface area contributed by atoms with E-state index >= 15 is 0 Å². The maximum atomic E-state index is 6.91. The molecule has 0 aliphatic carbocycles. The van der Waals surface area contributed by atoms with Gasteiger partial charge in [-0.15, -0.1) is 0 Å². The van der Waals surface area contributed by atoms with Crippen LogP contribution >= 0.6 is 0 Å². The Labute approximate surface area is 74.5 Å². The van der Waals surface area contributed by atoms with Gasteiger partial charge in [-0.05, 0) is 24.6 Å². The molecule has 0 amide bonds. The average molecular weight is 167 g/mol. The summed E-state index contributed by atoms with van der Waals surface area (Å²) in [5, 5.41) is 0. The number of hydrogen-bond donors (Lipinski definition) is 0. The van der Waals surface area contributed by atoms with Gasteiger partial charge in [-0.2, -0.15) is 0 Å². The predicted molar refractivity (Wildman–Crippen MR) is 48.4 cm³/mol. The van der Waals surface area contributed by atoms with E-state index in [2.05, 4.69) is 0 Å². The van der Waals surface area contributed by atoms with E-state index < -0.39 is 0 Å². The second-order valence-corrected chi connectivity index (χ2v) is 2.58. The Kier molecular flexibility index (Phi) is 2.61. The fourth-order valence-electron chi connectivity index (χ4n) is 0.971. The summed E-state index contributed by atoms with van der Waals surface area (Å²) < 4.78 is 17.1. The molecule has 0 aromatic heterocycles. The summed E-state index contributed by atoms with van der Waals surface area (Å²) in [6, 6.07) is 7.66. The van der Waals surface area contributed by atoms with Crippen molar-refractivity contribution >= 4 is 0 Å². The number of rotatable bonds is 3. The van der Waals surface area contributed by atoms with Crippen molar-refractivity contribution in [1.82, 2.24) is 0 Å². The van der Waals surface area contributed by atoms with Crippen molar-refractivity contribution < 1.29 is 10.8 Å². The number of ether oxygens (including phenoxy) is 2. The van der Waals surface area contributed by atoms with Crippen LogP contribution in [0.4, 0.5) is 0 Å². The van der Waals surface area contributed by atoms with Crippen LogP contribution in [0.15, 0.2) is 24.3 Å². The zero-order valence-corrected chi connectivity index (χ0v) is 7.41. The molecule has 12 heavy (non-hydrogen) atoms. The summed E-state index contributed by atoms with van der Waals surface area (Å²) in [6.07, 6.45) is -0.0246. The summed E-state index contributed by atoms with van der Waals surface area (Å²) in [7, 11) is 1.63. The molecule has 0 heterocycles. The van der Waals surface area contributed by atoms with E-state index in [1.807, 2.05) is 31.2 Å². The molecule has 2 nitrogen and oxygen atoms in total. The molecule has 1 aromatic rings. The lowest BCUT2D eigenvalue weighted by Gasteiger charge is -2.09. The van der Waals surface area contributed by atoms with Gasteiger partial charge in [0, 0.05) is 7.09 Å². The molecule has 2 heteroatoms. The maximum Gasteiger partial charge on any atom is 0.118 e. The third-order valence-electron chi connectivity index (χ3n) is 1.84. The van der Waals surface area contributed by atoms with Crippen LogP contribution in [0.1, 0.15) is 20.0 Å². The van der Waals surface area contributed by atoms with E-state index in [0.29, 0.717) is 0 Å². The van der Waals surface area contributed by atoms with Crippen molar-refractivity contribution in [1.29, 1.82) is 0 Å². The zero-order valence-electron chi connectivity index (χ0n) is 8.41. The highest BCUT2D eigenvalue weighted by atomic mass is 16.5. The van der Waals surface area contributed by atoms with Crippen LogP contribution < -0.4 is 4.74 Å². The van der Waals surface area contributed by atoms with Crippen molar-refractivity contribution in [3.05, 3.63) is 29.8 Å². The number of methoxy groups -OCH3 is 2. The lowest BCUT2D eigenvalue weighted by molar-refractivity contribution is 0.119. The van der Waals surface area contributed by atoms with Crippen molar-refractivity contribution in [2.75, 3.05) is 14.2 Å². The highest BCUT2D eigenvalue weighted by molar-refractivity contribution is 5.28. The molecule has 1 unspecified atom stereocenters. The molecule has 0 N–H and O–H groups in total. The molecule has 0 aliphatic heterocycles. The summed E-state index contributed by atoms with van der Waals surface area (Å²) in [4.78, 5) is 0. The van der Waals surface area contributed by atoms with Gasteiger partial charge in [0.1, 0.15) is 5.75 Å². The van der Waals surface area contributed by atoms with Crippen molar-refractivity contribution in [2.24, 2.45) is 0 Å². The molecule has 1 atom stereocenters. The van der Waals surface area contributed by atoms with E-state index in [4.69, 9.17) is 10.8 Å². The van der Waals surface area contributed by atoms with Crippen LogP contribution in [0.3, 0.4) is 0 Å². The molecule has 1 rings (SSSR count). The lowest BCUT2D eigenvalue weighted by atomic mass is 10.1. The van der Waals surface area contributed by atoms with Gasteiger partial charge in [0.25, 0.3) is 0 Å². The summed E-state index contributed by atoms with van der Waals surface area (Å²) in [5.74, 6) is 0.835. The van der Waals surface area contributed by atoms with E-state index in [0.717, 1.165) is 11.3 Å². The van der Waals surface area contributed by atoms with Crippen molar-refractivity contribution in [3.8, 4) is 5.75 Å². The fraction of sp³-hybridized carbons (Fsp3) is 0.400. The minimum atomic E-state index is -0.0246. The Morgan fingerprint density at radius 2 is 2.00 bits per heavy atom. The van der Waals surface area contributed by atoms with Gasteiger partial charge < -0.3 is 9.47 Å². The number of benzene rings is 1. The molecule has 0 saturated carbocycles. The lowest BCUT2D eigenvalue weighted by Crippen LogP contribution is -1.95. The summed E-state index contributed by atoms with van der Waals surface area (Å²) in [6.45, 7) is 1.93. The summed E-state index contributed by atoms with van der Waals surface area (Å²) in [5.41, 5.74) is 1.06. The Hall–Kier alpha value is -1.02. The first-order chi connectivity index (χ1) is 6.27. The normalized spacial score (nSPS) is 13.7. The van der Waals surface area contributed by atoms with E-state index in [1.54, 1.807) is 7.11 Å². The SMILES string of the molecule is [2H]COC(C)c1ccc(OC)cc1. The zero-order chi connectivity index (χ0) is 9.68. The van der Waals surface area contributed by atoms with Crippen LogP contribution in [0.25, 0.3) is 0 Å². The molecule has 66 valence electrons. The van der Waals surface area contributed by atoms with E-state index in [1.165, 1.54) is 0 Å². The van der Waals surface area contributed by atoms with Gasteiger partial charge in [-0.3, -0.25) is 0 Å². The Morgan fingerprint density at radius 1 is 1.33 bits per heavy atom. The van der Waals surface area contributed by atoms with Gasteiger partial charge in [0.15, 0.2) is 0 Å². The van der Waals surface area contributed by atoms with Crippen LogP contribution in [-0.4, -0.2) is 14.2 Å². The smallest absolute Gasteiger partial charge is 0.118 e. The van der Waals surface area contributed by atoms with Crippen molar-refractivity contribution in [3.63, 3.8) is 0 Å². The molecule has 0 radical (unpaired) electrons. The van der Waals surface area contributed by atoms with E-state index in [-0.39, 0.29) is 13.2 Å². The van der Waals surface area contributed by atoms with Gasteiger partial charge in [0.2, 0.25) is 0 Å². The van der Waals surface area contributed by atoms with Crippen LogP contribution in [-0.2, 0) is 4.74 Å². The molecule has 0 spiro atoms. The maximum absolute atomic E-state index is 6.91. The molecule has 0 fully saturated rings. The Bertz CT molecular complexity index is 246. The molecule has 0 aliphatic rings. The first kappa shape index (κ1) is 7.62.